The molecule has 5 heteroatoms. The molecule has 1 N–H and O–H groups in total. The molecule has 100 valence electrons. The predicted octanol–water partition coefficient (Wildman–Crippen LogP) is 2.05. The smallest absolute Gasteiger partial charge is 0.254 e. The molecular formula is C13H20ClN3O. The van der Waals surface area contributed by atoms with E-state index in [0.29, 0.717) is 24.1 Å². The number of carbonyl (C=O) groups is 1. The Balaban J connectivity index is 2.64. The molecule has 1 atom stereocenters. The van der Waals surface area contributed by atoms with E-state index in [2.05, 4.69) is 29.0 Å². The largest absolute Gasteiger partial charge is 0.350 e. The first-order valence-electron chi connectivity index (χ1n) is 5.98. The van der Waals surface area contributed by atoms with Crippen LogP contribution in [-0.4, -0.2) is 42.5 Å². The Morgan fingerprint density at radius 1 is 1.50 bits per heavy atom. The predicted molar refractivity (Wildman–Crippen MR) is 73.9 cm³/mol. The highest BCUT2D eigenvalue weighted by atomic mass is 35.5. The van der Waals surface area contributed by atoms with E-state index in [0.717, 1.165) is 0 Å². The fraction of sp³-hybridized carbons (Fsp3) is 0.538. The molecule has 0 aliphatic rings. The lowest BCUT2D eigenvalue weighted by Crippen LogP contribution is -2.43. The van der Waals surface area contributed by atoms with Gasteiger partial charge in [0.15, 0.2) is 0 Å². The number of hydrogen-bond donors (Lipinski definition) is 1. The van der Waals surface area contributed by atoms with Crippen LogP contribution in [0.2, 0.25) is 5.15 Å². The summed E-state index contributed by atoms with van der Waals surface area (Å²) in [6.45, 7) is 4.86. The molecule has 0 radical (unpaired) electrons. The van der Waals surface area contributed by atoms with Gasteiger partial charge in [-0.05, 0) is 32.1 Å². The number of carbonyl (C=O) groups excluding carboxylic acids is 1. The molecule has 0 aromatic carbocycles. The van der Waals surface area contributed by atoms with E-state index in [4.69, 9.17) is 11.6 Å². The first-order valence-corrected chi connectivity index (χ1v) is 6.36. The second-order valence-electron chi connectivity index (χ2n) is 4.83. The van der Waals surface area contributed by atoms with Crippen molar-refractivity contribution in [3.05, 3.63) is 29.0 Å². The second-order valence-corrected chi connectivity index (χ2v) is 5.18. The van der Waals surface area contributed by atoms with Gasteiger partial charge >= 0.3 is 0 Å². The first kappa shape index (κ1) is 14.9. The van der Waals surface area contributed by atoms with E-state index in [-0.39, 0.29) is 11.1 Å². The summed E-state index contributed by atoms with van der Waals surface area (Å²) in [5.41, 5.74) is 0.417. The highest BCUT2D eigenvalue weighted by molar-refractivity contribution is 6.32. The van der Waals surface area contributed by atoms with Gasteiger partial charge in [0.2, 0.25) is 0 Å². The third-order valence-corrected chi connectivity index (χ3v) is 3.21. The molecule has 1 aromatic rings. The number of nitrogens with zero attached hydrogens (tertiary/aromatic N) is 2. The second kappa shape index (κ2) is 6.71. The quantitative estimate of drug-likeness (QED) is 0.832. The van der Waals surface area contributed by atoms with E-state index in [1.54, 1.807) is 18.3 Å². The molecule has 18 heavy (non-hydrogen) atoms. The Kier molecular flexibility index (Phi) is 5.56. The van der Waals surface area contributed by atoms with Crippen molar-refractivity contribution in [2.24, 2.45) is 5.92 Å². The van der Waals surface area contributed by atoms with Crippen molar-refractivity contribution in [3.63, 3.8) is 0 Å². The molecule has 1 aromatic heterocycles. The Bertz CT molecular complexity index is 399. The van der Waals surface area contributed by atoms with Gasteiger partial charge < -0.3 is 10.2 Å². The Hall–Kier alpha value is -1.13. The standard InChI is InChI=1S/C13H20ClN3O/c1-9(2)11(17(3)4)8-16-13(18)10-6-5-7-15-12(10)14/h5-7,9,11H,8H2,1-4H3,(H,16,18). The lowest BCUT2D eigenvalue weighted by atomic mass is 10.0. The molecule has 0 spiro atoms. The Morgan fingerprint density at radius 2 is 2.17 bits per heavy atom. The van der Waals surface area contributed by atoms with Crippen molar-refractivity contribution in [1.29, 1.82) is 0 Å². The topological polar surface area (TPSA) is 45.2 Å². The molecule has 4 nitrogen and oxygen atoms in total. The van der Waals surface area contributed by atoms with Gasteiger partial charge in [0.05, 0.1) is 5.56 Å². The maximum atomic E-state index is 12.0. The summed E-state index contributed by atoms with van der Waals surface area (Å²) in [7, 11) is 4.02. The van der Waals surface area contributed by atoms with Crippen LogP contribution in [0.25, 0.3) is 0 Å². The highest BCUT2D eigenvalue weighted by Crippen LogP contribution is 2.12. The summed E-state index contributed by atoms with van der Waals surface area (Å²) in [5, 5.41) is 3.13. The number of amides is 1. The zero-order valence-corrected chi connectivity index (χ0v) is 12.0. The number of rotatable bonds is 5. The fourth-order valence-corrected chi connectivity index (χ4v) is 2.07. The third-order valence-electron chi connectivity index (χ3n) is 2.91. The fourth-order valence-electron chi connectivity index (χ4n) is 1.86. The minimum Gasteiger partial charge on any atom is -0.350 e. The van der Waals surface area contributed by atoms with Gasteiger partial charge in [-0.3, -0.25) is 4.79 Å². The molecule has 0 saturated heterocycles. The number of halogens is 1. The van der Waals surface area contributed by atoms with Crippen molar-refractivity contribution in [2.75, 3.05) is 20.6 Å². The average Bonchev–Trinajstić information content (AvgIpc) is 2.28. The molecule has 0 saturated carbocycles. The van der Waals surface area contributed by atoms with Crippen LogP contribution in [0.3, 0.4) is 0 Å². The van der Waals surface area contributed by atoms with Gasteiger partial charge in [0, 0.05) is 18.8 Å². The first-order chi connectivity index (χ1) is 8.43. The summed E-state index contributed by atoms with van der Waals surface area (Å²) < 4.78 is 0. The van der Waals surface area contributed by atoms with E-state index in [9.17, 15) is 4.79 Å². The summed E-state index contributed by atoms with van der Waals surface area (Å²) in [4.78, 5) is 18.0. The SMILES string of the molecule is CC(C)C(CNC(=O)c1cccnc1Cl)N(C)C. The Morgan fingerprint density at radius 3 is 2.67 bits per heavy atom. The van der Waals surface area contributed by atoms with Crippen molar-refractivity contribution in [1.82, 2.24) is 15.2 Å². The van der Waals surface area contributed by atoms with Crippen LogP contribution < -0.4 is 5.32 Å². The number of likely N-dealkylation sites (N-methyl/N-ethyl adjacent to an activating group) is 1. The minimum absolute atomic E-state index is 0.180. The lowest BCUT2D eigenvalue weighted by Gasteiger charge is -2.28. The number of aromatic nitrogens is 1. The van der Waals surface area contributed by atoms with Gasteiger partial charge in [-0.1, -0.05) is 25.4 Å². The van der Waals surface area contributed by atoms with Crippen LogP contribution >= 0.6 is 11.6 Å². The van der Waals surface area contributed by atoms with E-state index in [1.165, 1.54) is 0 Å². The molecule has 1 rings (SSSR count). The summed E-state index contributed by atoms with van der Waals surface area (Å²) in [6, 6.07) is 3.67. The average molecular weight is 270 g/mol. The maximum Gasteiger partial charge on any atom is 0.254 e. The number of pyridine rings is 1. The van der Waals surface area contributed by atoms with Gasteiger partial charge in [0.25, 0.3) is 5.91 Å². The monoisotopic (exact) mass is 269 g/mol. The summed E-state index contributed by atoms with van der Waals surface area (Å²) in [6.07, 6.45) is 1.57. The zero-order valence-electron chi connectivity index (χ0n) is 11.3. The van der Waals surface area contributed by atoms with Crippen LogP contribution in [0.5, 0.6) is 0 Å². The van der Waals surface area contributed by atoms with Crippen molar-refractivity contribution < 1.29 is 4.79 Å². The van der Waals surface area contributed by atoms with Crippen molar-refractivity contribution in [2.45, 2.75) is 19.9 Å². The van der Waals surface area contributed by atoms with Crippen LogP contribution in [0.15, 0.2) is 18.3 Å². The van der Waals surface area contributed by atoms with Gasteiger partial charge in [-0.2, -0.15) is 0 Å². The van der Waals surface area contributed by atoms with E-state index >= 15 is 0 Å². The normalized spacial score (nSPS) is 12.8. The summed E-state index contributed by atoms with van der Waals surface area (Å²) in [5.74, 6) is 0.283. The van der Waals surface area contributed by atoms with Crippen LogP contribution in [0, 0.1) is 5.92 Å². The van der Waals surface area contributed by atoms with Crippen LogP contribution in [0.4, 0.5) is 0 Å². The van der Waals surface area contributed by atoms with Gasteiger partial charge in [0.1, 0.15) is 5.15 Å². The van der Waals surface area contributed by atoms with Crippen molar-refractivity contribution in [3.8, 4) is 0 Å². The molecule has 0 aliphatic heterocycles. The third kappa shape index (κ3) is 3.96. The Labute approximate surface area is 113 Å². The van der Waals surface area contributed by atoms with E-state index in [1.807, 2.05) is 14.1 Å². The molecule has 1 amide bonds. The molecule has 0 fully saturated rings. The molecule has 1 unspecified atom stereocenters. The van der Waals surface area contributed by atoms with Crippen molar-refractivity contribution >= 4 is 17.5 Å². The molecule has 0 aliphatic carbocycles. The van der Waals surface area contributed by atoms with Gasteiger partial charge in [-0.25, -0.2) is 4.98 Å². The number of nitrogens with one attached hydrogen (secondary N) is 1. The minimum atomic E-state index is -0.180. The lowest BCUT2D eigenvalue weighted by molar-refractivity contribution is 0.0934. The molecule has 0 bridgehead atoms. The number of hydrogen-bond acceptors (Lipinski definition) is 3. The summed E-state index contributed by atoms with van der Waals surface area (Å²) >= 11 is 5.88. The van der Waals surface area contributed by atoms with Crippen LogP contribution in [0.1, 0.15) is 24.2 Å². The van der Waals surface area contributed by atoms with Crippen LogP contribution in [-0.2, 0) is 0 Å². The van der Waals surface area contributed by atoms with Gasteiger partial charge in [-0.15, -0.1) is 0 Å². The molecule has 1 heterocycles. The highest BCUT2D eigenvalue weighted by Gasteiger charge is 2.18. The van der Waals surface area contributed by atoms with E-state index < -0.39 is 0 Å². The zero-order chi connectivity index (χ0) is 13.7. The maximum absolute atomic E-state index is 12.0. The molecular weight excluding hydrogens is 250 g/mol.